The molecule has 118 valence electrons. The summed E-state index contributed by atoms with van der Waals surface area (Å²) in [6.45, 7) is 5.51. The molecule has 0 radical (unpaired) electrons. The van der Waals surface area contributed by atoms with Gasteiger partial charge in [0.25, 0.3) is 0 Å². The zero-order valence-electron chi connectivity index (χ0n) is 13.8. The highest BCUT2D eigenvalue weighted by molar-refractivity contribution is 5.50. The molecule has 0 bridgehead atoms. The Morgan fingerprint density at radius 1 is 1.24 bits per heavy atom. The van der Waals surface area contributed by atoms with E-state index in [0.717, 1.165) is 25.4 Å². The summed E-state index contributed by atoms with van der Waals surface area (Å²) in [4.78, 5) is 2.39. The number of nitrogens with zero attached hydrogens (tertiary/aromatic N) is 1. The Balaban J connectivity index is 2.07. The van der Waals surface area contributed by atoms with Gasteiger partial charge < -0.3 is 15.0 Å². The predicted octanol–water partition coefficient (Wildman–Crippen LogP) is 3.69. The van der Waals surface area contributed by atoms with E-state index in [0.29, 0.717) is 5.41 Å². The van der Waals surface area contributed by atoms with Crippen LogP contribution in [0.4, 0.5) is 5.69 Å². The quantitative estimate of drug-likeness (QED) is 0.829. The first-order valence-electron chi connectivity index (χ1n) is 8.25. The number of hydrogen-bond acceptors (Lipinski definition) is 3. The number of anilines is 1. The van der Waals surface area contributed by atoms with Gasteiger partial charge in [-0.1, -0.05) is 32.3 Å². The van der Waals surface area contributed by atoms with Gasteiger partial charge in [0.1, 0.15) is 5.75 Å². The van der Waals surface area contributed by atoms with Crippen molar-refractivity contribution in [1.82, 2.24) is 5.32 Å². The van der Waals surface area contributed by atoms with E-state index in [1.54, 1.807) is 7.11 Å². The smallest absolute Gasteiger partial charge is 0.120 e. The second kappa shape index (κ2) is 7.69. The molecule has 0 unspecified atom stereocenters. The van der Waals surface area contributed by atoms with Gasteiger partial charge in [0.15, 0.2) is 0 Å². The average Bonchev–Trinajstić information content (AvgIpc) is 2.54. The highest BCUT2D eigenvalue weighted by Crippen LogP contribution is 2.37. The maximum atomic E-state index is 5.35. The van der Waals surface area contributed by atoms with Gasteiger partial charge in [-0.25, -0.2) is 0 Å². The topological polar surface area (TPSA) is 24.5 Å². The lowest BCUT2D eigenvalue weighted by Crippen LogP contribution is -2.44. The van der Waals surface area contributed by atoms with Crippen molar-refractivity contribution in [1.29, 1.82) is 0 Å². The standard InChI is InChI=1S/C18H30N2O/c1-4-19-14-18(11-6-5-7-12-18)15-20(2)16-9-8-10-17(13-16)21-3/h8-10,13,19H,4-7,11-12,14-15H2,1-3H3. The molecule has 1 saturated carbocycles. The third-order valence-electron chi connectivity index (χ3n) is 4.73. The van der Waals surface area contributed by atoms with Crippen LogP contribution in [0.25, 0.3) is 0 Å². The first-order chi connectivity index (χ1) is 10.2. The molecule has 1 aliphatic rings. The van der Waals surface area contributed by atoms with E-state index >= 15 is 0 Å². The summed E-state index contributed by atoms with van der Waals surface area (Å²) in [6, 6.07) is 8.38. The Kier molecular flexibility index (Phi) is 5.92. The highest BCUT2D eigenvalue weighted by atomic mass is 16.5. The lowest BCUT2D eigenvalue weighted by Gasteiger charge is -2.41. The summed E-state index contributed by atoms with van der Waals surface area (Å²) in [5.41, 5.74) is 1.67. The van der Waals surface area contributed by atoms with E-state index in [9.17, 15) is 0 Å². The summed E-state index contributed by atoms with van der Waals surface area (Å²) in [5.74, 6) is 0.934. The molecule has 1 aliphatic carbocycles. The normalized spacial score (nSPS) is 17.5. The van der Waals surface area contributed by atoms with Gasteiger partial charge >= 0.3 is 0 Å². The Bertz CT molecular complexity index is 427. The van der Waals surface area contributed by atoms with Crippen LogP contribution in [0.2, 0.25) is 0 Å². The number of methoxy groups -OCH3 is 1. The van der Waals surface area contributed by atoms with Crippen LogP contribution in [0.3, 0.4) is 0 Å². The minimum Gasteiger partial charge on any atom is -0.497 e. The summed E-state index contributed by atoms with van der Waals surface area (Å²) < 4.78 is 5.35. The third kappa shape index (κ3) is 4.37. The monoisotopic (exact) mass is 290 g/mol. The molecular weight excluding hydrogens is 260 g/mol. The number of nitrogens with one attached hydrogen (secondary N) is 1. The summed E-state index contributed by atoms with van der Waals surface area (Å²) >= 11 is 0. The Morgan fingerprint density at radius 3 is 2.67 bits per heavy atom. The van der Waals surface area contributed by atoms with Gasteiger partial charge in [0.05, 0.1) is 7.11 Å². The van der Waals surface area contributed by atoms with Gasteiger partial charge in [-0.2, -0.15) is 0 Å². The van der Waals surface area contributed by atoms with E-state index in [4.69, 9.17) is 4.74 Å². The molecule has 3 nitrogen and oxygen atoms in total. The number of benzene rings is 1. The SMILES string of the molecule is CCNCC1(CN(C)c2cccc(OC)c2)CCCCC1. The molecule has 0 aromatic heterocycles. The molecule has 21 heavy (non-hydrogen) atoms. The Hall–Kier alpha value is -1.22. The summed E-state index contributed by atoms with van der Waals surface area (Å²) in [5, 5.41) is 3.59. The zero-order chi connectivity index (χ0) is 15.1. The Labute approximate surface area is 129 Å². The molecule has 0 atom stereocenters. The van der Waals surface area contributed by atoms with E-state index in [1.807, 2.05) is 6.07 Å². The highest BCUT2D eigenvalue weighted by Gasteiger charge is 2.32. The lowest BCUT2D eigenvalue weighted by atomic mass is 9.73. The van der Waals surface area contributed by atoms with E-state index in [-0.39, 0.29) is 0 Å². The van der Waals surface area contributed by atoms with E-state index < -0.39 is 0 Å². The molecule has 0 aliphatic heterocycles. The van der Waals surface area contributed by atoms with Crippen LogP contribution in [-0.4, -0.2) is 33.8 Å². The minimum absolute atomic E-state index is 0.423. The molecule has 0 amide bonds. The second-order valence-corrected chi connectivity index (χ2v) is 6.40. The van der Waals surface area contributed by atoms with Gasteiger partial charge in [-0.15, -0.1) is 0 Å². The average molecular weight is 290 g/mol. The fourth-order valence-electron chi connectivity index (χ4n) is 3.53. The van der Waals surface area contributed by atoms with Crippen LogP contribution in [0.5, 0.6) is 5.75 Å². The maximum absolute atomic E-state index is 5.35. The van der Waals surface area contributed by atoms with Gasteiger partial charge in [-0.3, -0.25) is 0 Å². The van der Waals surface area contributed by atoms with Crippen LogP contribution in [0, 0.1) is 5.41 Å². The van der Waals surface area contributed by atoms with Crippen molar-refractivity contribution in [3.8, 4) is 5.75 Å². The first-order valence-corrected chi connectivity index (χ1v) is 8.25. The molecule has 2 rings (SSSR count). The largest absolute Gasteiger partial charge is 0.497 e. The van der Waals surface area contributed by atoms with Crippen molar-refractivity contribution in [2.75, 3.05) is 38.7 Å². The van der Waals surface area contributed by atoms with Crippen molar-refractivity contribution in [2.45, 2.75) is 39.0 Å². The van der Waals surface area contributed by atoms with Gasteiger partial charge in [-0.05, 0) is 31.5 Å². The minimum atomic E-state index is 0.423. The molecule has 1 aromatic carbocycles. The molecule has 3 heteroatoms. The van der Waals surface area contributed by atoms with Crippen molar-refractivity contribution in [3.05, 3.63) is 24.3 Å². The third-order valence-corrected chi connectivity index (χ3v) is 4.73. The van der Waals surface area contributed by atoms with Crippen molar-refractivity contribution < 1.29 is 4.74 Å². The molecule has 1 aromatic rings. The fourth-order valence-corrected chi connectivity index (χ4v) is 3.53. The first kappa shape index (κ1) is 16.2. The lowest BCUT2D eigenvalue weighted by molar-refractivity contribution is 0.190. The number of ether oxygens (including phenoxy) is 1. The molecular formula is C18H30N2O. The van der Waals surface area contributed by atoms with Crippen LogP contribution >= 0.6 is 0 Å². The van der Waals surface area contributed by atoms with Crippen molar-refractivity contribution in [2.24, 2.45) is 5.41 Å². The molecule has 1 N–H and O–H groups in total. The second-order valence-electron chi connectivity index (χ2n) is 6.40. The molecule has 0 spiro atoms. The van der Waals surface area contributed by atoms with Crippen LogP contribution in [0.15, 0.2) is 24.3 Å². The van der Waals surface area contributed by atoms with E-state index in [2.05, 4.69) is 42.4 Å². The van der Waals surface area contributed by atoms with Crippen molar-refractivity contribution >= 4 is 5.69 Å². The predicted molar refractivity (Wildman–Crippen MR) is 90.3 cm³/mol. The van der Waals surface area contributed by atoms with Crippen LogP contribution < -0.4 is 15.0 Å². The molecule has 1 fully saturated rings. The maximum Gasteiger partial charge on any atom is 0.120 e. The van der Waals surface area contributed by atoms with Crippen LogP contribution in [0.1, 0.15) is 39.0 Å². The van der Waals surface area contributed by atoms with Crippen LogP contribution in [-0.2, 0) is 0 Å². The molecule has 0 saturated heterocycles. The number of rotatable bonds is 7. The summed E-state index contributed by atoms with van der Waals surface area (Å²) in [7, 11) is 3.93. The fraction of sp³-hybridized carbons (Fsp3) is 0.667. The van der Waals surface area contributed by atoms with Gasteiger partial charge in [0.2, 0.25) is 0 Å². The van der Waals surface area contributed by atoms with Gasteiger partial charge in [0, 0.05) is 37.3 Å². The zero-order valence-corrected chi connectivity index (χ0v) is 13.8. The van der Waals surface area contributed by atoms with Crippen molar-refractivity contribution in [3.63, 3.8) is 0 Å². The number of hydrogen-bond donors (Lipinski definition) is 1. The summed E-state index contributed by atoms with van der Waals surface area (Å²) in [6.07, 6.45) is 6.83. The molecule has 0 heterocycles. The Morgan fingerprint density at radius 2 is 2.00 bits per heavy atom. The van der Waals surface area contributed by atoms with E-state index in [1.165, 1.54) is 37.8 Å².